The number of ether oxygens (including phenoxy) is 1. The highest BCUT2D eigenvalue weighted by Gasteiger charge is 2.07. The maximum absolute atomic E-state index is 5.91. The van der Waals surface area contributed by atoms with Crippen molar-refractivity contribution in [2.45, 2.75) is 6.54 Å². The minimum Gasteiger partial charge on any atom is -0.495 e. The highest BCUT2D eigenvalue weighted by molar-refractivity contribution is 7.13. The van der Waals surface area contributed by atoms with E-state index in [2.05, 4.69) is 15.3 Å². The summed E-state index contributed by atoms with van der Waals surface area (Å²) in [6.45, 7) is 0.336. The Kier molecular flexibility index (Phi) is 4.58. The predicted octanol–water partition coefficient (Wildman–Crippen LogP) is 3.34. The van der Waals surface area contributed by atoms with E-state index in [4.69, 9.17) is 14.9 Å². The van der Waals surface area contributed by atoms with Crippen LogP contribution in [0.3, 0.4) is 0 Å². The summed E-state index contributed by atoms with van der Waals surface area (Å²) < 4.78 is 10.7. The van der Waals surface area contributed by atoms with Crippen molar-refractivity contribution in [1.29, 1.82) is 0 Å². The van der Waals surface area contributed by atoms with E-state index in [9.17, 15) is 0 Å². The molecule has 0 spiro atoms. The van der Waals surface area contributed by atoms with Crippen LogP contribution in [-0.4, -0.2) is 18.1 Å². The summed E-state index contributed by atoms with van der Waals surface area (Å²) in [6.07, 6.45) is 1.59. The number of benzene rings is 1. The van der Waals surface area contributed by atoms with Crippen LogP contribution in [-0.2, 0) is 6.54 Å². The highest BCUT2D eigenvalue weighted by Crippen LogP contribution is 2.24. The number of guanidine groups is 1. The first-order valence-electron chi connectivity index (χ1n) is 6.94. The fourth-order valence-corrected chi connectivity index (χ4v) is 2.64. The number of methoxy groups -OCH3 is 1. The van der Waals surface area contributed by atoms with Crippen molar-refractivity contribution < 1.29 is 9.15 Å². The first-order chi connectivity index (χ1) is 11.3. The number of nitrogens with zero attached hydrogens (tertiary/aromatic N) is 2. The Bertz CT molecular complexity index is 796. The average Bonchev–Trinajstić information content (AvgIpc) is 3.24. The number of aromatic nitrogens is 1. The zero-order valence-electron chi connectivity index (χ0n) is 12.5. The maximum atomic E-state index is 5.91. The van der Waals surface area contributed by atoms with E-state index in [0.717, 1.165) is 16.3 Å². The molecular formula is C16H16N4O2S. The minimum atomic E-state index is 0.287. The van der Waals surface area contributed by atoms with Gasteiger partial charge < -0.3 is 20.2 Å². The molecule has 0 radical (unpaired) electrons. The standard InChI is InChI=1S/C16H16N4O2S/c1-21-13-6-3-2-5-12(13)20-16(17)18-9-11-10-22-15(19-11)14-7-4-8-23-14/h2-8,10H,9H2,1H3,(H3,17,18,20). The van der Waals surface area contributed by atoms with Crippen LogP contribution < -0.4 is 15.8 Å². The molecule has 0 atom stereocenters. The van der Waals surface area contributed by atoms with Crippen LogP contribution in [0, 0.1) is 0 Å². The van der Waals surface area contributed by atoms with Crippen molar-refractivity contribution in [3.63, 3.8) is 0 Å². The molecule has 3 aromatic rings. The number of hydrogen-bond donors (Lipinski definition) is 2. The molecule has 0 aliphatic carbocycles. The molecule has 6 nitrogen and oxygen atoms in total. The molecule has 118 valence electrons. The lowest BCUT2D eigenvalue weighted by Crippen LogP contribution is -2.22. The lowest BCUT2D eigenvalue weighted by Gasteiger charge is -2.09. The molecule has 7 heteroatoms. The first kappa shape index (κ1) is 15.1. The van der Waals surface area contributed by atoms with Crippen LogP contribution in [0.2, 0.25) is 0 Å². The van der Waals surface area contributed by atoms with Gasteiger partial charge in [0, 0.05) is 0 Å². The van der Waals surface area contributed by atoms with Crippen molar-refractivity contribution in [2.75, 3.05) is 12.4 Å². The minimum absolute atomic E-state index is 0.287. The molecule has 3 N–H and O–H groups in total. The Hall–Kier alpha value is -2.80. The third-order valence-electron chi connectivity index (χ3n) is 3.06. The zero-order chi connectivity index (χ0) is 16.1. The molecule has 1 aromatic carbocycles. The van der Waals surface area contributed by atoms with Crippen LogP contribution in [0.1, 0.15) is 5.69 Å². The fraction of sp³-hybridized carbons (Fsp3) is 0.125. The molecule has 2 heterocycles. The van der Waals surface area contributed by atoms with Gasteiger partial charge in [0.1, 0.15) is 17.7 Å². The van der Waals surface area contributed by atoms with Gasteiger partial charge in [-0.25, -0.2) is 9.98 Å². The van der Waals surface area contributed by atoms with Gasteiger partial charge in [0.15, 0.2) is 5.96 Å². The van der Waals surface area contributed by atoms with E-state index in [0.29, 0.717) is 18.2 Å². The van der Waals surface area contributed by atoms with Crippen molar-refractivity contribution in [1.82, 2.24) is 4.98 Å². The van der Waals surface area contributed by atoms with Gasteiger partial charge in [-0.15, -0.1) is 11.3 Å². The second-order valence-electron chi connectivity index (χ2n) is 4.65. The van der Waals surface area contributed by atoms with Crippen LogP contribution in [0.25, 0.3) is 10.8 Å². The summed E-state index contributed by atoms with van der Waals surface area (Å²) in [6, 6.07) is 11.4. The molecule has 0 saturated carbocycles. The average molecular weight is 328 g/mol. The molecule has 0 amide bonds. The molecular weight excluding hydrogens is 312 g/mol. The number of nitrogens with one attached hydrogen (secondary N) is 1. The maximum Gasteiger partial charge on any atom is 0.236 e. The number of para-hydroxylation sites is 2. The van der Waals surface area contributed by atoms with Gasteiger partial charge in [0.25, 0.3) is 0 Å². The Labute approximate surface area is 137 Å². The number of anilines is 1. The molecule has 2 aromatic heterocycles. The van der Waals surface area contributed by atoms with E-state index < -0.39 is 0 Å². The van der Waals surface area contributed by atoms with Crippen LogP contribution in [0.4, 0.5) is 5.69 Å². The summed E-state index contributed by atoms with van der Waals surface area (Å²) in [5.41, 5.74) is 7.39. The number of hydrogen-bond acceptors (Lipinski definition) is 5. The van der Waals surface area contributed by atoms with Gasteiger partial charge in [-0.3, -0.25) is 0 Å². The van der Waals surface area contributed by atoms with Crippen molar-refractivity contribution in [3.8, 4) is 16.5 Å². The predicted molar refractivity (Wildman–Crippen MR) is 91.8 cm³/mol. The quantitative estimate of drug-likeness (QED) is 0.554. The fourth-order valence-electron chi connectivity index (χ4n) is 1.98. The van der Waals surface area contributed by atoms with E-state index >= 15 is 0 Å². The number of nitrogens with two attached hydrogens (primary N) is 1. The number of oxazole rings is 1. The first-order valence-corrected chi connectivity index (χ1v) is 7.82. The summed E-state index contributed by atoms with van der Waals surface area (Å²) in [5.74, 6) is 1.59. The largest absolute Gasteiger partial charge is 0.495 e. The van der Waals surface area contributed by atoms with Gasteiger partial charge in [-0.1, -0.05) is 18.2 Å². The van der Waals surface area contributed by atoms with Gasteiger partial charge in [0.05, 0.1) is 24.2 Å². The Morgan fingerprint density at radius 2 is 2.22 bits per heavy atom. The molecule has 0 aliphatic rings. The number of aliphatic imine (C=N–C) groups is 1. The van der Waals surface area contributed by atoms with E-state index in [-0.39, 0.29) is 5.96 Å². The second-order valence-corrected chi connectivity index (χ2v) is 5.60. The molecule has 3 rings (SSSR count). The monoisotopic (exact) mass is 328 g/mol. The van der Waals surface area contributed by atoms with E-state index in [1.807, 2.05) is 41.8 Å². The Balaban J connectivity index is 1.65. The molecule has 0 unspecified atom stereocenters. The molecule has 0 fully saturated rings. The van der Waals surface area contributed by atoms with Gasteiger partial charge in [-0.05, 0) is 23.6 Å². The topological polar surface area (TPSA) is 85.7 Å². The van der Waals surface area contributed by atoms with Crippen molar-refractivity contribution in [2.24, 2.45) is 10.7 Å². The lowest BCUT2D eigenvalue weighted by molar-refractivity contribution is 0.417. The highest BCUT2D eigenvalue weighted by atomic mass is 32.1. The summed E-state index contributed by atoms with van der Waals surface area (Å²) in [5, 5.41) is 4.99. The van der Waals surface area contributed by atoms with Crippen molar-refractivity contribution >= 4 is 23.0 Å². The zero-order valence-corrected chi connectivity index (χ0v) is 13.3. The third kappa shape index (κ3) is 3.70. The normalized spacial score (nSPS) is 11.4. The summed E-state index contributed by atoms with van der Waals surface area (Å²) >= 11 is 1.58. The van der Waals surface area contributed by atoms with Gasteiger partial charge >= 0.3 is 0 Å². The number of rotatable bonds is 5. The summed E-state index contributed by atoms with van der Waals surface area (Å²) in [4.78, 5) is 9.65. The summed E-state index contributed by atoms with van der Waals surface area (Å²) in [7, 11) is 1.61. The third-order valence-corrected chi connectivity index (χ3v) is 3.92. The Morgan fingerprint density at radius 3 is 3.00 bits per heavy atom. The van der Waals surface area contributed by atoms with Crippen LogP contribution >= 0.6 is 11.3 Å². The molecule has 0 bridgehead atoms. The lowest BCUT2D eigenvalue weighted by atomic mass is 10.3. The SMILES string of the molecule is COc1ccccc1NC(N)=NCc1coc(-c2cccs2)n1. The van der Waals surface area contributed by atoms with Gasteiger partial charge in [-0.2, -0.15) is 0 Å². The smallest absolute Gasteiger partial charge is 0.236 e. The second kappa shape index (κ2) is 6.97. The van der Waals surface area contributed by atoms with Crippen LogP contribution in [0.5, 0.6) is 5.75 Å². The number of thiophene rings is 1. The van der Waals surface area contributed by atoms with E-state index in [1.165, 1.54) is 0 Å². The molecule has 0 aliphatic heterocycles. The molecule has 0 saturated heterocycles. The van der Waals surface area contributed by atoms with Gasteiger partial charge in [0.2, 0.25) is 5.89 Å². The molecule has 23 heavy (non-hydrogen) atoms. The van der Waals surface area contributed by atoms with Crippen molar-refractivity contribution in [3.05, 3.63) is 53.7 Å². The Morgan fingerprint density at radius 1 is 1.35 bits per heavy atom. The van der Waals surface area contributed by atoms with Crippen LogP contribution in [0.15, 0.2) is 57.5 Å². The van der Waals surface area contributed by atoms with E-state index in [1.54, 1.807) is 24.7 Å².